The maximum atomic E-state index is 12.4. The molecule has 1 aliphatic heterocycles. The molecule has 0 spiro atoms. The summed E-state index contributed by atoms with van der Waals surface area (Å²) in [4.78, 5) is 16.3. The van der Waals surface area contributed by atoms with E-state index in [9.17, 15) is 4.79 Å². The number of amides is 1. The van der Waals surface area contributed by atoms with Gasteiger partial charge in [0, 0.05) is 26.2 Å². The minimum Gasteiger partial charge on any atom is -0.409 e. The summed E-state index contributed by atoms with van der Waals surface area (Å²) in [5, 5.41) is 20.6. The lowest BCUT2D eigenvalue weighted by molar-refractivity contribution is -0.136. The third-order valence-electron chi connectivity index (χ3n) is 3.57. The maximum Gasteiger partial charge on any atom is 0.235 e. The fraction of sp³-hybridized carbons (Fsp3) is 0.833. The number of rotatable bonds is 4. The summed E-state index contributed by atoms with van der Waals surface area (Å²) >= 11 is 0. The van der Waals surface area contributed by atoms with Crippen LogP contribution in [0, 0.1) is 5.41 Å². The monoisotopic (exact) mass is 272 g/mol. The molecule has 0 aromatic carbocycles. The number of carbonyl (C=O) groups excluding carboxylic acids is 1. The van der Waals surface area contributed by atoms with Crippen molar-refractivity contribution >= 4 is 11.7 Å². The zero-order valence-electron chi connectivity index (χ0n) is 11.7. The largest absolute Gasteiger partial charge is 0.409 e. The van der Waals surface area contributed by atoms with Gasteiger partial charge in [-0.15, -0.1) is 0 Å². The summed E-state index contributed by atoms with van der Waals surface area (Å²) in [6.07, 6.45) is 0.859. The van der Waals surface area contributed by atoms with E-state index in [4.69, 9.17) is 16.0 Å². The number of nitrogens with zero attached hydrogens (tertiary/aromatic N) is 3. The Morgan fingerprint density at radius 1 is 1.32 bits per heavy atom. The van der Waals surface area contributed by atoms with Gasteiger partial charge in [0.15, 0.2) is 5.84 Å². The lowest BCUT2D eigenvalue weighted by atomic mass is 9.90. The molecule has 7 nitrogen and oxygen atoms in total. The van der Waals surface area contributed by atoms with Crippen LogP contribution in [0.2, 0.25) is 0 Å². The quantitative estimate of drug-likeness (QED) is 0.271. The topological polar surface area (TPSA) is 102 Å². The Bertz CT molecular complexity index is 344. The highest BCUT2D eigenvalue weighted by Gasteiger charge is 2.36. The van der Waals surface area contributed by atoms with E-state index in [0.717, 1.165) is 19.5 Å². The predicted octanol–water partition coefficient (Wildman–Crippen LogP) is -0.714. The summed E-state index contributed by atoms with van der Waals surface area (Å²) in [5.74, 6) is -0.206. The van der Waals surface area contributed by atoms with Gasteiger partial charge >= 0.3 is 0 Å². The molecule has 0 saturated carbocycles. The molecule has 0 radical (unpaired) electrons. The van der Waals surface area contributed by atoms with E-state index < -0.39 is 5.41 Å². The van der Waals surface area contributed by atoms with Crippen molar-refractivity contribution in [1.82, 2.24) is 9.80 Å². The molecule has 0 unspecified atom stereocenters. The van der Waals surface area contributed by atoms with E-state index in [1.54, 1.807) is 18.7 Å². The molecule has 0 bridgehead atoms. The van der Waals surface area contributed by atoms with Gasteiger partial charge in [-0.25, -0.2) is 0 Å². The van der Waals surface area contributed by atoms with Crippen molar-refractivity contribution in [2.24, 2.45) is 16.3 Å². The van der Waals surface area contributed by atoms with Gasteiger partial charge in [0.05, 0.1) is 6.61 Å². The van der Waals surface area contributed by atoms with E-state index in [1.807, 2.05) is 0 Å². The van der Waals surface area contributed by atoms with Gasteiger partial charge < -0.3 is 20.9 Å². The zero-order chi connectivity index (χ0) is 14.5. The predicted molar refractivity (Wildman–Crippen MR) is 71.9 cm³/mol. The van der Waals surface area contributed by atoms with Crippen molar-refractivity contribution in [1.29, 1.82) is 0 Å². The molecule has 1 rings (SSSR count). The van der Waals surface area contributed by atoms with Gasteiger partial charge in [0.25, 0.3) is 0 Å². The number of aliphatic hydroxyl groups is 1. The first-order chi connectivity index (χ1) is 8.93. The second-order valence-electron chi connectivity index (χ2n) is 5.32. The van der Waals surface area contributed by atoms with Gasteiger partial charge in [-0.1, -0.05) is 5.16 Å². The molecule has 7 heteroatoms. The van der Waals surface area contributed by atoms with Crippen molar-refractivity contribution < 1.29 is 15.1 Å². The molecular formula is C12H24N4O3. The van der Waals surface area contributed by atoms with Crippen LogP contribution in [0.4, 0.5) is 0 Å². The third kappa shape index (κ3) is 3.81. The molecule has 1 heterocycles. The minimum atomic E-state index is -0.999. The standard InChI is InChI=1S/C12H24N4O3/c1-12(2,10(13)14-19)11(18)16-5-3-4-15(6-7-16)8-9-17/h17,19H,3-9H2,1-2H3,(H2,13,14). The summed E-state index contributed by atoms with van der Waals surface area (Å²) in [5.41, 5.74) is 4.58. The smallest absolute Gasteiger partial charge is 0.235 e. The molecule has 4 N–H and O–H groups in total. The highest BCUT2D eigenvalue weighted by atomic mass is 16.4. The minimum absolute atomic E-state index is 0.0750. The number of nitrogens with two attached hydrogens (primary N) is 1. The van der Waals surface area contributed by atoms with Crippen LogP contribution in [0.1, 0.15) is 20.3 Å². The van der Waals surface area contributed by atoms with Crippen LogP contribution in [0.3, 0.4) is 0 Å². The second-order valence-corrected chi connectivity index (χ2v) is 5.32. The van der Waals surface area contributed by atoms with Crippen LogP contribution < -0.4 is 5.73 Å². The molecule has 19 heavy (non-hydrogen) atoms. The highest BCUT2D eigenvalue weighted by molar-refractivity contribution is 6.05. The number of oxime groups is 1. The summed E-state index contributed by atoms with van der Waals surface area (Å²) in [6.45, 7) is 6.92. The maximum absolute atomic E-state index is 12.4. The van der Waals surface area contributed by atoms with Crippen LogP contribution in [-0.4, -0.2) is 71.2 Å². The van der Waals surface area contributed by atoms with Crippen LogP contribution >= 0.6 is 0 Å². The number of aliphatic hydroxyl groups excluding tert-OH is 1. The van der Waals surface area contributed by atoms with E-state index in [2.05, 4.69) is 10.1 Å². The molecule has 1 fully saturated rings. The first kappa shape index (κ1) is 15.7. The van der Waals surface area contributed by atoms with Crippen LogP contribution in [0.15, 0.2) is 5.16 Å². The van der Waals surface area contributed by atoms with Gasteiger partial charge in [-0.2, -0.15) is 0 Å². The van der Waals surface area contributed by atoms with Crippen molar-refractivity contribution in [3.63, 3.8) is 0 Å². The molecule has 0 aromatic heterocycles. The van der Waals surface area contributed by atoms with Crippen molar-refractivity contribution in [3.8, 4) is 0 Å². The highest BCUT2D eigenvalue weighted by Crippen LogP contribution is 2.20. The summed E-state index contributed by atoms with van der Waals surface area (Å²) < 4.78 is 0. The number of amidine groups is 1. The Kier molecular flexibility index (Phi) is 5.56. The molecule has 1 saturated heterocycles. The van der Waals surface area contributed by atoms with Gasteiger partial charge in [-0.3, -0.25) is 9.69 Å². The van der Waals surface area contributed by atoms with Crippen LogP contribution in [-0.2, 0) is 4.79 Å². The van der Waals surface area contributed by atoms with E-state index in [1.165, 1.54) is 0 Å². The lowest BCUT2D eigenvalue weighted by Gasteiger charge is -2.30. The normalized spacial score (nSPS) is 19.3. The number of hydrogen-bond acceptors (Lipinski definition) is 5. The molecule has 1 amide bonds. The summed E-state index contributed by atoms with van der Waals surface area (Å²) in [7, 11) is 0. The zero-order valence-corrected chi connectivity index (χ0v) is 11.7. The van der Waals surface area contributed by atoms with Crippen LogP contribution in [0.5, 0.6) is 0 Å². The molecule has 0 aliphatic carbocycles. The van der Waals surface area contributed by atoms with E-state index in [-0.39, 0.29) is 18.3 Å². The number of hydrogen-bond donors (Lipinski definition) is 3. The van der Waals surface area contributed by atoms with E-state index >= 15 is 0 Å². The average molecular weight is 272 g/mol. The summed E-state index contributed by atoms with van der Waals surface area (Å²) in [6, 6.07) is 0. The third-order valence-corrected chi connectivity index (χ3v) is 3.57. The van der Waals surface area contributed by atoms with Crippen molar-refractivity contribution in [3.05, 3.63) is 0 Å². The Labute approximate surface area is 113 Å². The fourth-order valence-electron chi connectivity index (χ4n) is 2.17. The number of carbonyl (C=O) groups is 1. The van der Waals surface area contributed by atoms with Gasteiger partial charge in [0.1, 0.15) is 5.41 Å². The molecule has 0 aromatic rings. The van der Waals surface area contributed by atoms with Crippen molar-refractivity contribution in [2.45, 2.75) is 20.3 Å². The lowest BCUT2D eigenvalue weighted by Crippen LogP contribution is -2.49. The van der Waals surface area contributed by atoms with Crippen LogP contribution in [0.25, 0.3) is 0 Å². The number of β-amino-alcohol motifs (C(OH)–C–C–N with tert-alkyl or cyclic N) is 1. The SMILES string of the molecule is CC(C)(C(=O)N1CCCN(CCO)CC1)C(N)=NO. The first-order valence-electron chi connectivity index (χ1n) is 6.54. The fourth-order valence-corrected chi connectivity index (χ4v) is 2.17. The van der Waals surface area contributed by atoms with Crippen molar-refractivity contribution in [2.75, 3.05) is 39.3 Å². The molecule has 1 aliphatic rings. The molecular weight excluding hydrogens is 248 g/mol. The average Bonchev–Trinajstić information content (AvgIpc) is 2.62. The Hall–Kier alpha value is -1.34. The molecule has 0 atom stereocenters. The van der Waals surface area contributed by atoms with Gasteiger partial charge in [0.2, 0.25) is 5.91 Å². The Morgan fingerprint density at radius 2 is 2.00 bits per heavy atom. The van der Waals surface area contributed by atoms with E-state index in [0.29, 0.717) is 19.6 Å². The Balaban J connectivity index is 2.68. The molecule has 110 valence electrons. The first-order valence-corrected chi connectivity index (χ1v) is 6.54. The second kappa shape index (κ2) is 6.72. The Morgan fingerprint density at radius 3 is 2.58 bits per heavy atom. The van der Waals surface area contributed by atoms with Gasteiger partial charge in [-0.05, 0) is 26.8 Å².